The molecule has 0 saturated heterocycles. The number of carbonyl (C=O) groups is 1. The van der Waals surface area contributed by atoms with Crippen LogP contribution >= 0.6 is 0 Å². The van der Waals surface area contributed by atoms with Gasteiger partial charge in [-0.1, -0.05) is 39.8 Å². The van der Waals surface area contributed by atoms with Gasteiger partial charge >= 0.3 is 6.16 Å². The standard InChI is InChI=1S/C34H52N2O6Si/c1-22(35-41-31(37)40-25-12-10-24(11-13-25)36(38)39)28-15-16-29-27-14-9-23-21-26(42-43(7,8)32(2,3)4)17-19-33(23,5)30(27)18-20-34(28,29)6/h10-13,23,26-30H,9,14-21H2,1-8H3/b35-22+/t23?,26-,27+,28-,29+,30+,33+,34-/m1/s1. The van der Waals surface area contributed by atoms with Crippen LogP contribution in [-0.4, -0.2) is 31.2 Å². The summed E-state index contributed by atoms with van der Waals surface area (Å²) >= 11 is 0. The molecule has 238 valence electrons. The minimum absolute atomic E-state index is 0.0702. The zero-order chi connectivity index (χ0) is 31.4. The second-order valence-corrected chi connectivity index (χ2v) is 20.8. The fraction of sp³-hybridized carbons (Fsp3) is 0.765. The number of ether oxygens (including phenoxy) is 1. The molecule has 0 radical (unpaired) electrons. The van der Waals surface area contributed by atoms with Crippen molar-refractivity contribution in [2.24, 2.45) is 45.6 Å². The van der Waals surface area contributed by atoms with E-state index in [-0.39, 0.29) is 27.8 Å². The van der Waals surface area contributed by atoms with Crippen LogP contribution in [0.2, 0.25) is 18.1 Å². The first-order valence-corrected chi connectivity index (χ1v) is 19.3. The first-order chi connectivity index (χ1) is 20.0. The van der Waals surface area contributed by atoms with Gasteiger partial charge in [-0.15, -0.1) is 0 Å². The average molecular weight is 613 g/mol. The molecule has 1 aromatic carbocycles. The van der Waals surface area contributed by atoms with Gasteiger partial charge in [-0.25, -0.2) is 4.79 Å². The number of nitro benzene ring substituents is 1. The van der Waals surface area contributed by atoms with Crippen molar-refractivity contribution < 1.29 is 23.7 Å². The maximum atomic E-state index is 12.3. The van der Waals surface area contributed by atoms with Crippen molar-refractivity contribution in [1.82, 2.24) is 0 Å². The van der Waals surface area contributed by atoms with E-state index in [1.54, 1.807) is 0 Å². The normalized spacial score (nSPS) is 36.2. The van der Waals surface area contributed by atoms with E-state index in [2.05, 4.69) is 52.9 Å². The van der Waals surface area contributed by atoms with Crippen molar-refractivity contribution in [3.8, 4) is 5.75 Å². The van der Waals surface area contributed by atoms with E-state index in [1.807, 2.05) is 6.92 Å². The van der Waals surface area contributed by atoms with Crippen LogP contribution in [0.25, 0.3) is 0 Å². The smallest absolute Gasteiger partial charge is 0.414 e. The van der Waals surface area contributed by atoms with Gasteiger partial charge in [-0.2, -0.15) is 0 Å². The summed E-state index contributed by atoms with van der Waals surface area (Å²) in [5.41, 5.74) is 1.35. The van der Waals surface area contributed by atoms with Gasteiger partial charge in [0, 0.05) is 24.2 Å². The number of non-ortho nitro benzene ring substituents is 1. The Hall–Kier alpha value is -2.26. The van der Waals surface area contributed by atoms with E-state index in [0.29, 0.717) is 17.4 Å². The fourth-order valence-electron chi connectivity index (χ4n) is 9.53. The molecule has 1 unspecified atom stereocenters. The average Bonchev–Trinajstić information content (AvgIpc) is 3.29. The van der Waals surface area contributed by atoms with E-state index in [4.69, 9.17) is 14.0 Å². The molecule has 0 bridgehead atoms. The van der Waals surface area contributed by atoms with Crippen molar-refractivity contribution in [3.05, 3.63) is 34.4 Å². The molecule has 4 fully saturated rings. The summed E-state index contributed by atoms with van der Waals surface area (Å²) in [7, 11) is -1.77. The van der Waals surface area contributed by atoms with Crippen molar-refractivity contribution >= 4 is 25.9 Å². The Morgan fingerprint density at radius 3 is 2.28 bits per heavy atom. The third-order valence-electron chi connectivity index (χ3n) is 12.9. The molecule has 0 heterocycles. The number of oxime groups is 1. The lowest BCUT2D eigenvalue weighted by Crippen LogP contribution is -2.55. The van der Waals surface area contributed by atoms with Crippen LogP contribution in [0.3, 0.4) is 0 Å². The predicted molar refractivity (Wildman–Crippen MR) is 171 cm³/mol. The largest absolute Gasteiger partial charge is 0.540 e. The summed E-state index contributed by atoms with van der Waals surface area (Å²) in [6.07, 6.45) is 10.6. The van der Waals surface area contributed by atoms with Gasteiger partial charge in [0.1, 0.15) is 5.75 Å². The van der Waals surface area contributed by atoms with Gasteiger partial charge in [0.25, 0.3) is 5.69 Å². The molecule has 8 nitrogen and oxygen atoms in total. The Morgan fingerprint density at radius 2 is 1.63 bits per heavy atom. The number of fused-ring (bicyclic) bond motifs is 5. The Morgan fingerprint density at radius 1 is 0.977 bits per heavy atom. The van der Waals surface area contributed by atoms with E-state index in [1.165, 1.54) is 75.6 Å². The third kappa shape index (κ3) is 6.05. The topological polar surface area (TPSA) is 100 Å². The van der Waals surface area contributed by atoms with Gasteiger partial charge < -0.3 is 9.16 Å². The molecule has 0 aliphatic heterocycles. The molecule has 43 heavy (non-hydrogen) atoms. The van der Waals surface area contributed by atoms with Gasteiger partial charge in [0.15, 0.2) is 8.32 Å². The van der Waals surface area contributed by atoms with E-state index in [9.17, 15) is 14.9 Å². The molecule has 4 saturated carbocycles. The number of nitrogens with zero attached hydrogens (tertiary/aromatic N) is 2. The zero-order valence-corrected chi connectivity index (χ0v) is 28.5. The van der Waals surface area contributed by atoms with E-state index >= 15 is 0 Å². The molecule has 0 aromatic heterocycles. The summed E-state index contributed by atoms with van der Waals surface area (Å²) in [6, 6.07) is 5.32. The van der Waals surface area contributed by atoms with E-state index in [0.717, 1.165) is 29.9 Å². The Kier molecular flexibility index (Phi) is 8.66. The Bertz CT molecular complexity index is 1240. The fourth-order valence-corrected chi connectivity index (χ4v) is 10.9. The van der Waals surface area contributed by atoms with Crippen molar-refractivity contribution in [1.29, 1.82) is 0 Å². The highest BCUT2D eigenvalue weighted by Crippen LogP contribution is 2.67. The second-order valence-electron chi connectivity index (χ2n) is 16.0. The highest BCUT2D eigenvalue weighted by molar-refractivity contribution is 6.74. The zero-order valence-electron chi connectivity index (χ0n) is 27.5. The minimum atomic E-state index is -1.77. The second kappa shape index (κ2) is 11.6. The maximum Gasteiger partial charge on any atom is 0.540 e. The molecule has 5 rings (SSSR count). The number of hydrogen-bond donors (Lipinski definition) is 0. The number of hydrogen-bond acceptors (Lipinski definition) is 7. The number of rotatable bonds is 6. The summed E-state index contributed by atoms with van der Waals surface area (Å²) in [6.45, 7) is 18.9. The molecular weight excluding hydrogens is 560 g/mol. The quantitative estimate of drug-likeness (QED) is 0.0603. The van der Waals surface area contributed by atoms with Gasteiger partial charge in [-0.05, 0) is 129 Å². The van der Waals surface area contributed by atoms with Crippen LogP contribution in [0.1, 0.15) is 99.3 Å². The van der Waals surface area contributed by atoms with Crippen LogP contribution < -0.4 is 4.74 Å². The third-order valence-corrected chi connectivity index (χ3v) is 17.4. The first kappa shape index (κ1) is 32.1. The Balaban J connectivity index is 1.21. The molecular formula is C34H52N2O6Si. The van der Waals surface area contributed by atoms with Crippen LogP contribution in [0.5, 0.6) is 5.75 Å². The van der Waals surface area contributed by atoms with Crippen molar-refractivity contribution in [2.75, 3.05) is 0 Å². The summed E-state index contributed by atoms with van der Waals surface area (Å²) in [4.78, 5) is 27.8. The number of carbonyl (C=O) groups excluding carboxylic acids is 1. The van der Waals surface area contributed by atoms with Crippen molar-refractivity contribution in [2.45, 2.75) is 124 Å². The van der Waals surface area contributed by atoms with Crippen LogP contribution in [0, 0.1) is 50.5 Å². The predicted octanol–water partition coefficient (Wildman–Crippen LogP) is 9.54. The lowest BCUT2D eigenvalue weighted by Gasteiger charge is -2.61. The van der Waals surface area contributed by atoms with Gasteiger partial charge in [0.2, 0.25) is 0 Å². The van der Waals surface area contributed by atoms with E-state index < -0.39 is 19.4 Å². The molecule has 4 aliphatic carbocycles. The highest BCUT2D eigenvalue weighted by Gasteiger charge is 2.61. The maximum absolute atomic E-state index is 12.3. The highest BCUT2D eigenvalue weighted by atomic mass is 28.4. The lowest BCUT2D eigenvalue weighted by molar-refractivity contribution is -0.384. The molecule has 4 aliphatic rings. The van der Waals surface area contributed by atoms with Crippen molar-refractivity contribution in [3.63, 3.8) is 0 Å². The Labute approximate surface area is 258 Å². The molecule has 0 amide bonds. The van der Waals surface area contributed by atoms with Crippen LogP contribution in [0.4, 0.5) is 10.5 Å². The number of nitro groups is 1. The number of benzene rings is 1. The lowest BCUT2D eigenvalue weighted by atomic mass is 9.44. The SMILES string of the molecule is C/C(=N\OC(=O)Oc1ccc([N+](=O)[O-])cc1)[C@H]1CC[C@H]2[C@@H]3CCC4C[C@H](O[Si](C)(C)C(C)(C)C)CC[C@]4(C)[C@H]3CC[C@]12C. The molecule has 9 heteroatoms. The summed E-state index contributed by atoms with van der Waals surface area (Å²) < 4.78 is 12.1. The summed E-state index contributed by atoms with van der Waals surface area (Å²) in [5, 5.41) is 15.3. The first-order valence-electron chi connectivity index (χ1n) is 16.4. The molecule has 0 N–H and O–H groups in total. The molecule has 1 aromatic rings. The summed E-state index contributed by atoms with van der Waals surface area (Å²) in [5.74, 6) is 3.43. The van der Waals surface area contributed by atoms with Gasteiger partial charge in [-0.3, -0.25) is 15.0 Å². The van der Waals surface area contributed by atoms with Gasteiger partial charge in [0.05, 0.1) is 10.6 Å². The molecule has 8 atom stereocenters. The van der Waals surface area contributed by atoms with Crippen LogP contribution in [0.15, 0.2) is 29.4 Å². The molecule has 0 spiro atoms. The minimum Gasteiger partial charge on any atom is -0.414 e. The monoisotopic (exact) mass is 612 g/mol. The van der Waals surface area contributed by atoms with Crippen LogP contribution in [-0.2, 0) is 9.26 Å².